The summed E-state index contributed by atoms with van der Waals surface area (Å²) in [6, 6.07) is 5.71. The maximum absolute atomic E-state index is 6.29. The van der Waals surface area contributed by atoms with Crippen LogP contribution in [0.25, 0.3) is 0 Å². The highest BCUT2D eigenvalue weighted by molar-refractivity contribution is 7.09. The van der Waals surface area contributed by atoms with E-state index in [1.807, 2.05) is 25.1 Å². The molecule has 0 aliphatic rings. The van der Waals surface area contributed by atoms with Crippen molar-refractivity contribution < 1.29 is 0 Å². The smallest absolute Gasteiger partial charge is 0.0947 e. The van der Waals surface area contributed by atoms with Crippen LogP contribution in [0.4, 0.5) is 0 Å². The lowest BCUT2D eigenvalue weighted by molar-refractivity contribution is 0.548. The van der Waals surface area contributed by atoms with Crippen LogP contribution in [0.1, 0.15) is 29.2 Å². The van der Waals surface area contributed by atoms with E-state index >= 15 is 0 Å². The first kappa shape index (κ1) is 14.8. The number of rotatable bonds is 5. The molecule has 2 nitrogen and oxygen atoms in total. The number of hydrogen-bond acceptors (Lipinski definition) is 3. The molecule has 0 saturated heterocycles. The second kappa shape index (κ2) is 6.71. The number of aromatic nitrogens is 1. The van der Waals surface area contributed by atoms with Gasteiger partial charge in [0.2, 0.25) is 0 Å². The maximum atomic E-state index is 6.29. The minimum atomic E-state index is 0.0942. The number of halogens is 2. The Balaban J connectivity index is 2.29. The van der Waals surface area contributed by atoms with Crippen molar-refractivity contribution in [1.29, 1.82) is 0 Å². The molecule has 1 heterocycles. The first-order chi connectivity index (χ1) is 9.11. The van der Waals surface area contributed by atoms with Gasteiger partial charge in [-0.2, -0.15) is 0 Å². The highest BCUT2D eigenvalue weighted by Gasteiger charge is 2.18. The summed E-state index contributed by atoms with van der Waals surface area (Å²) in [6.07, 6.45) is 0.801. The number of hydrogen-bond donors (Lipinski definition) is 1. The fourth-order valence-electron chi connectivity index (χ4n) is 2.04. The van der Waals surface area contributed by atoms with Gasteiger partial charge in [-0.05, 0) is 25.6 Å². The number of nitrogens with one attached hydrogen (secondary N) is 1. The normalized spacial score (nSPS) is 12.6. The van der Waals surface area contributed by atoms with E-state index in [-0.39, 0.29) is 6.04 Å². The second-order valence-electron chi connectivity index (χ2n) is 4.33. The summed E-state index contributed by atoms with van der Waals surface area (Å²) in [5.41, 5.74) is 2.01. The lowest BCUT2D eigenvalue weighted by Gasteiger charge is -2.19. The Labute approximate surface area is 127 Å². The fraction of sp³-hybridized carbons (Fsp3) is 0.357. The predicted octanol–water partition coefficient (Wildman–Crippen LogP) is 4.65. The molecule has 0 bridgehead atoms. The second-order valence-corrected chi connectivity index (χ2v) is 6.09. The Hall–Kier alpha value is -0.610. The summed E-state index contributed by atoms with van der Waals surface area (Å²) in [4.78, 5) is 4.51. The van der Waals surface area contributed by atoms with Crippen molar-refractivity contribution in [3.05, 3.63) is 49.9 Å². The van der Waals surface area contributed by atoms with Crippen molar-refractivity contribution in [3.63, 3.8) is 0 Å². The zero-order valence-electron chi connectivity index (χ0n) is 10.9. The molecule has 19 heavy (non-hydrogen) atoms. The van der Waals surface area contributed by atoms with E-state index in [1.165, 1.54) is 0 Å². The zero-order chi connectivity index (χ0) is 13.8. The van der Waals surface area contributed by atoms with Gasteiger partial charge in [-0.1, -0.05) is 36.2 Å². The fourth-order valence-corrected chi connectivity index (χ4v) is 3.52. The molecule has 0 spiro atoms. The summed E-state index contributed by atoms with van der Waals surface area (Å²) in [5.74, 6) is 0. The number of nitrogens with zero attached hydrogens (tertiary/aromatic N) is 1. The van der Waals surface area contributed by atoms with Crippen molar-refractivity contribution in [2.45, 2.75) is 26.3 Å². The number of thiazole rings is 1. The Morgan fingerprint density at radius 2 is 2.00 bits per heavy atom. The predicted molar refractivity (Wildman–Crippen MR) is 83.4 cm³/mol. The summed E-state index contributed by atoms with van der Waals surface area (Å²) in [6.45, 7) is 4.94. The van der Waals surface area contributed by atoms with Crippen LogP contribution in [0.5, 0.6) is 0 Å². The van der Waals surface area contributed by atoms with Crippen molar-refractivity contribution in [2.24, 2.45) is 0 Å². The van der Waals surface area contributed by atoms with Gasteiger partial charge < -0.3 is 5.32 Å². The van der Waals surface area contributed by atoms with Gasteiger partial charge in [0.1, 0.15) is 0 Å². The molecule has 1 unspecified atom stereocenters. The molecule has 1 atom stereocenters. The van der Waals surface area contributed by atoms with Gasteiger partial charge in [0.25, 0.3) is 0 Å². The third kappa shape index (κ3) is 3.69. The Morgan fingerprint density at radius 1 is 1.32 bits per heavy atom. The van der Waals surface area contributed by atoms with E-state index in [0.717, 1.165) is 29.2 Å². The molecule has 1 N–H and O–H groups in total. The molecular formula is C14H16Cl2N2S. The lowest BCUT2D eigenvalue weighted by atomic mass is 10.0. The van der Waals surface area contributed by atoms with Gasteiger partial charge in [0.15, 0.2) is 0 Å². The topological polar surface area (TPSA) is 24.9 Å². The molecule has 1 aromatic carbocycles. The van der Waals surface area contributed by atoms with E-state index in [0.29, 0.717) is 10.0 Å². The van der Waals surface area contributed by atoms with Crippen LogP contribution in [0.15, 0.2) is 23.6 Å². The quantitative estimate of drug-likeness (QED) is 0.868. The van der Waals surface area contributed by atoms with Gasteiger partial charge in [-0.15, -0.1) is 11.3 Å². The standard InChI is InChI=1S/C14H16Cl2N2S/c1-3-17-12(7-13-18-9(2)8-19-13)14-10(15)5-4-6-11(14)16/h4-6,8,12,17H,3,7H2,1-2H3. The molecule has 0 saturated carbocycles. The van der Waals surface area contributed by atoms with E-state index in [2.05, 4.69) is 22.6 Å². The summed E-state index contributed by atoms with van der Waals surface area (Å²) < 4.78 is 0. The van der Waals surface area contributed by atoms with E-state index in [1.54, 1.807) is 11.3 Å². The monoisotopic (exact) mass is 314 g/mol. The van der Waals surface area contributed by atoms with E-state index in [9.17, 15) is 0 Å². The molecule has 0 fully saturated rings. The van der Waals surface area contributed by atoms with Crippen molar-refractivity contribution in [3.8, 4) is 0 Å². The summed E-state index contributed by atoms with van der Waals surface area (Å²) >= 11 is 14.3. The van der Waals surface area contributed by atoms with Gasteiger partial charge in [0.05, 0.1) is 5.01 Å². The highest BCUT2D eigenvalue weighted by Crippen LogP contribution is 2.32. The molecular weight excluding hydrogens is 299 g/mol. The van der Waals surface area contributed by atoms with Crippen molar-refractivity contribution in [2.75, 3.05) is 6.54 Å². The van der Waals surface area contributed by atoms with Gasteiger partial charge in [-0.25, -0.2) is 4.98 Å². The molecule has 0 radical (unpaired) electrons. The third-order valence-electron chi connectivity index (χ3n) is 2.84. The summed E-state index contributed by atoms with van der Waals surface area (Å²) in [7, 11) is 0. The highest BCUT2D eigenvalue weighted by atomic mass is 35.5. The lowest BCUT2D eigenvalue weighted by Crippen LogP contribution is -2.23. The average Bonchev–Trinajstić information content (AvgIpc) is 2.75. The van der Waals surface area contributed by atoms with Gasteiger partial charge >= 0.3 is 0 Å². The van der Waals surface area contributed by atoms with Crippen LogP contribution < -0.4 is 5.32 Å². The Kier molecular flexibility index (Phi) is 5.22. The molecule has 1 aromatic heterocycles. The largest absolute Gasteiger partial charge is 0.310 e. The summed E-state index contributed by atoms with van der Waals surface area (Å²) in [5, 5.41) is 8.00. The average molecular weight is 315 g/mol. The number of benzene rings is 1. The zero-order valence-corrected chi connectivity index (χ0v) is 13.2. The molecule has 102 valence electrons. The first-order valence-electron chi connectivity index (χ1n) is 6.20. The molecule has 0 amide bonds. The SMILES string of the molecule is CCNC(Cc1nc(C)cs1)c1c(Cl)cccc1Cl. The Bertz CT molecular complexity index is 534. The van der Waals surface area contributed by atoms with E-state index in [4.69, 9.17) is 23.2 Å². The van der Waals surface area contributed by atoms with Crippen LogP contribution in [-0.4, -0.2) is 11.5 Å². The molecule has 2 aromatic rings. The van der Waals surface area contributed by atoms with Crippen LogP contribution in [-0.2, 0) is 6.42 Å². The first-order valence-corrected chi connectivity index (χ1v) is 7.83. The maximum Gasteiger partial charge on any atom is 0.0947 e. The van der Waals surface area contributed by atoms with Crippen LogP contribution in [0.2, 0.25) is 10.0 Å². The third-order valence-corrected chi connectivity index (χ3v) is 4.49. The molecule has 0 aliphatic heterocycles. The number of aryl methyl sites for hydroxylation is 1. The Morgan fingerprint density at radius 3 is 2.53 bits per heavy atom. The minimum Gasteiger partial charge on any atom is -0.310 e. The molecule has 0 aliphatic carbocycles. The van der Waals surface area contributed by atoms with Crippen LogP contribution in [0, 0.1) is 6.92 Å². The van der Waals surface area contributed by atoms with Crippen LogP contribution >= 0.6 is 34.5 Å². The van der Waals surface area contributed by atoms with Gasteiger partial charge in [-0.3, -0.25) is 0 Å². The van der Waals surface area contributed by atoms with Crippen molar-refractivity contribution in [1.82, 2.24) is 10.3 Å². The van der Waals surface area contributed by atoms with E-state index < -0.39 is 0 Å². The molecule has 2 rings (SSSR count). The van der Waals surface area contributed by atoms with Crippen LogP contribution in [0.3, 0.4) is 0 Å². The van der Waals surface area contributed by atoms with Crippen molar-refractivity contribution >= 4 is 34.5 Å². The minimum absolute atomic E-state index is 0.0942. The van der Waals surface area contributed by atoms with Gasteiger partial charge in [0, 0.05) is 39.1 Å². The molecule has 5 heteroatoms. The number of likely N-dealkylation sites (N-methyl/N-ethyl adjacent to an activating group) is 1.